The van der Waals surface area contributed by atoms with Gasteiger partial charge in [-0.1, -0.05) is 26.8 Å². The molecule has 1 unspecified atom stereocenters. The van der Waals surface area contributed by atoms with Crippen molar-refractivity contribution in [1.29, 1.82) is 0 Å². The van der Waals surface area contributed by atoms with Gasteiger partial charge in [0.2, 0.25) is 5.91 Å². The lowest BCUT2D eigenvalue weighted by atomic mass is 9.56. The molecule has 1 aromatic rings. The zero-order valence-electron chi connectivity index (χ0n) is 19.0. The molecule has 31 heavy (non-hydrogen) atoms. The minimum absolute atomic E-state index is 0.0577. The molecule has 2 heterocycles. The van der Waals surface area contributed by atoms with E-state index in [1.165, 1.54) is 24.2 Å². The SMILES string of the molecule is CC(C)(C)c1cccc(C2CC3(CCN(C(=O)[C@@H]4C[C@]5(COC(N)=O)CC45)CC3)C2)n1. The Kier molecular flexibility index (Phi) is 4.65. The molecule has 3 aliphatic carbocycles. The Hall–Kier alpha value is -2.11. The largest absolute Gasteiger partial charge is 0.449 e. The van der Waals surface area contributed by atoms with E-state index in [1.54, 1.807) is 0 Å². The second kappa shape index (κ2) is 6.94. The van der Waals surface area contributed by atoms with Crippen molar-refractivity contribution in [1.82, 2.24) is 9.88 Å². The summed E-state index contributed by atoms with van der Waals surface area (Å²) < 4.78 is 4.99. The molecule has 0 aromatic carbocycles. The number of nitrogens with zero attached hydrogens (tertiary/aromatic N) is 2. The third-order valence-electron chi connectivity index (χ3n) is 8.64. The topological polar surface area (TPSA) is 85.5 Å². The fraction of sp³-hybridized carbons (Fsp3) is 0.720. The molecule has 1 saturated heterocycles. The van der Waals surface area contributed by atoms with Crippen LogP contribution in [0.3, 0.4) is 0 Å². The molecule has 5 rings (SSSR count). The Morgan fingerprint density at radius 1 is 1.16 bits per heavy atom. The average Bonchev–Trinajstić information content (AvgIpc) is 3.27. The number of carbonyl (C=O) groups excluding carboxylic acids is 2. The number of amides is 2. The zero-order chi connectivity index (χ0) is 22.0. The van der Waals surface area contributed by atoms with Gasteiger partial charge in [-0.2, -0.15) is 0 Å². The minimum atomic E-state index is -0.713. The lowest BCUT2D eigenvalue weighted by molar-refractivity contribution is -0.144. The van der Waals surface area contributed by atoms with E-state index in [0.717, 1.165) is 38.8 Å². The van der Waals surface area contributed by atoms with Gasteiger partial charge < -0.3 is 15.4 Å². The Bertz CT molecular complexity index is 892. The highest BCUT2D eigenvalue weighted by Crippen LogP contribution is 2.71. The van der Waals surface area contributed by atoms with Gasteiger partial charge in [0.05, 0.1) is 6.61 Å². The predicted octanol–water partition coefficient (Wildman–Crippen LogP) is 3.99. The molecule has 2 amide bonds. The molecule has 6 heteroatoms. The summed E-state index contributed by atoms with van der Waals surface area (Å²) in [6, 6.07) is 6.48. The molecule has 6 nitrogen and oxygen atoms in total. The quantitative estimate of drug-likeness (QED) is 0.790. The smallest absolute Gasteiger partial charge is 0.404 e. The first kappa shape index (κ1) is 20.8. The molecule has 3 saturated carbocycles. The number of aromatic nitrogens is 1. The molecule has 1 aliphatic heterocycles. The number of hydrogen-bond donors (Lipinski definition) is 1. The third kappa shape index (κ3) is 3.62. The monoisotopic (exact) mass is 425 g/mol. The van der Waals surface area contributed by atoms with E-state index < -0.39 is 6.09 Å². The van der Waals surface area contributed by atoms with Crippen LogP contribution in [0.5, 0.6) is 0 Å². The Labute approximate surface area is 184 Å². The summed E-state index contributed by atoms with van der Waals surface area (Å²) in [5.74, 6) is 1.41. The van der Waals surface area contributed by atoms with Gasteiger partial charge in [-0.25, -0.2) is 4.79 Å². The number of primary amides is 1. The van der Waals surface area contributed by atoms with E-state index in [2.05, 4.69) is 43.9 Å². The first-order valence-electron chi connectivity index (χ1n) is 11.8. The van der Waals surface area contributed by atoms with Crippen molar-refractivity contribution in [3.05, 3.63) is 29.6 Å². The molecule has 4 fully saturated rings. The van der Waals surface area contributed by atoms with Gasteiger partial charge in [0, 0.05) is 47.1 Å². The van der Waals surface area contributed by atoms with Gasteiger partial charge in [0.25, 0.3) is 0 Å². The molecule has 168 valence electrons. The molecule has 0 radical (unpaired) electrons. The standard InChI is InChI=1S/C25H35N3O3/c1-23(2,3)20-6-4-5-19(27-20)16-11-24(12-16)7-9-28(10-8-24)21(29)17-13-25(14-18(17)25)15-31-22(26)30/h4-6,16-18H,7-15H2,1-3H3,(H2,26,30)/t17-,18?,25-/m1/s1. The number of piperidine rings is 1. The fourth-order valence-electron chi connectivity index (χ4n) is 6.44. The first-order valence-corrected chi connectivity index (χ1v) is 11.8. The van der Waals surface area contributed by atoms with Crippen LogP contribution in [0.2, 0.25) is 0 Å². The van der Waals surface area contributed by atoms with Crippen molar-refractivity contribution in [3.63, 3.8) is 0 Å². The highest BCUT2D eigenvalue weighted by atomic mass is 16.5. The number of ether oxygens (including phenoxy) is 1. The molecule has 2 N–H and O–H groups in total. The van der Waals surface area contributed by atoms with Crippen LogP contribution >= 0.6 is 0 Å². The summed E-state index contributed by atoms with van der Waals surface area (Å²) in [6.45, 7) is 8.79. The molecule has 4 aliphatic rings. The van der Waals surface area contributed by atoms with Crippen molar-refractivity contribution in [3.8, 4) is 0 Å². The number of carbonyl (C=O) groups is 2. The molecular formula is C25H35N3O3. The summed E-state index contributed by atoms with van der Waals surface area (Å²) in [4.78, 5) is 30.9. The predicted molar refractivity (Wildman–Crippen MR) is 117 cm³/mol. The van der Waals surface area contributed by atoms with Crippen molar-refractivity contribution in [2.45, 2.75) is 70.6 Å². The van der Waals surface area contributed by atoms with E-state index in [-0.39, 0.29) is 16.7 Å². The molecule has 1 aromatic heterocycles. The molecular weight excluding hydrogens is 390 g/mol. The summed E-state index contributed by atoms with van der Waals surface area (Å²) in [7, 11) is 0. The van der Waals surface area contributed by atoms with Gasteiger partial charge in [-0.15, -0.1) is 0 Å². The fourth-order valence-corrected chi connectivity index (χ4v) is 6.44. The number of pyridine rings is 1. The lowest BCUT2D eigenvalue weighted by Crippen LogP contribution is -2.51. The van der Waals surface area contributed by atoms with Crippen LogP contribution in [-0.4, -0.2) is 41.6 Å². The third-order valence-corrected chi connectivity index (χ3v) is 8.64. The van der Waals surface area contributed by atoms with Crippen LogP contribution in [0, 0.1) is 22.7 Å². The number of fused-ring (bicyclic) bond motifs is 1. The van der Waals surface area contributed by atoms with Gasteiger partial charge in [-0.05, 0) is 62.0 Å². The van der Waals surface area contributed by atoms with Crippen molar-refractivity contribution < 1.29 is 14.3 Å². The molecule has 3 atom stereocenters. The summed E-state index contributed by atoms with van der Waals surface area (Å²) in [5, 5.41) is 0. The Balaban J connectivity index is 1.11. The van der Waals surface area contributed by atoms with Crippen LogP contribution < -0.4 is 5.73 Å². The van der Waals surface area contributed by atoms with Crippen LogP contribution in [0.1, 0.15) is 76.6 Å². The maximum Gasteiger partial charge on any atom is 0.404 e. The van der Waals surface area contributed by atoms with E-state index in [4.69, 9.17) is 15.5 Å². The second-order valence-electron chi connectivity index (χ2n) is 11.7. The maximum absolute atomic E-state index is 13.0. The van der Waals surface area contributed by atoms with Crippen LogP contribution in [0.4, 0.5) is 4.79 Å². The first-order chi connectivity index (χ1) is 14.6. The number of nitrogens with two attached hydrogens (primary N) is 1. The number of likely N-dealkylation sites (tertiary alicyclic amines) is 1. The highest BCUT2D eigenvalue weighted by molar-refractivity contribution is 5.81. The van der Waals surface area contributed by atoms with E-state index >= 15 is 0 Å². The van der Waals surface area contributed by atoms with Gasteiger partial charge in [0.15, 0.2) is 0 Å². The van der Waals surface area contributed by atoms with Crippen LogP contribution in [0.15, 0.2) is 18.2 Å². The van der Waals surface area contributed by atoms with E-state index in [9.17, 15) is 9.59 Å². The van der Waals surface area contributed by atoms with Crippen molar-refractivity contribution in [2.75, 3.05) is 19.7 Å². The summed E-state index contributed by atoms with van der Waals surface area (Å²) >= 11 is 0. The number of rotatable bonds is 4. The van der Waals surface area contributed by atoms with Crippen molar-refractivity contribution in [2.24, 2.45) is 28.4 Å². The van der Waals surface area contributed by atoms with Gasteiger partial charge in [0.1, 0.15) is 0 Å². The van der Waals surface area contributed by atoms with E-state index in [0.29, 0.717) is 29.8 Å². The molecule has 0 bridgehead atoms. The zero-order valence-corrected chi connectivity index (χ0v) is 19.0. The maximum atomic E-state index is 13.0. The van der Waals surface area contributed by atoms with Gasteiger partial charge >= 0.3 is 6.09 Å². The Morgan fingerprint density at radius 2 is 1.87 bits per heavy atom. The van der Waals surface area contributed by atoms with Crippen molar-refractivity contribution >= 4 is 12.0 Å². The van der Waals surface area contributed by atoms with Gasteiger partial charge in [-0.3, -0.25) is 9.78 Å². The normalized spacial score (nSPS) is 31.4. The molecule has 1 spiro atoms. The van der Waals surface area contributed by atoms with Crippen LogP contribution in [0.25, 0.3) is 0 Å². The lowest BCUT2D eigenvalue weighted by Gasteiger charge is -2.53. The average molecular weight is 426 g/mol. The summed E-state index contributed by atoms with van der Waals surface area (Å²) in [5.41, 5.74) is 8.04. The Morgan fingerprint density at radius 3 is 2.48 bits per heavy atom. The number of hydrogen-bond acceptors (Lipinski definition) is 4. The summed E-state index contributed by atoms with van der Waals surface area (Å²) in [6.07, 6.45) is 5.77. The van der Waals surface area contributed by atoms with E-state index in [1.807, 2.05) is 0 Å². The minimum Gasteiger partial charge on any atom is -0.449 e. The highest BCUT2D eigenvalue weighted by Gasteiger charge is 2.70. The van der Waals surface area contributed by atoms with Crippen LogP contribution in [-0.2, 0) is 14.9 Å². The second-order valence-corrected chi connectivity index (χ2v) is 11.7.